The van der Waals surface area contributed by atoms with Gasteiger partial charge >= 0.3 is 6.09 Å². The molecule has 1 saturated heterocycles. The fraction of sp³-hybridized carbons (Fsp3) is 0.875. The maximum absolute atomic E-state index is 11.8. The molecular formula is C16H31N3O3. The average Bonchev–Trinajstić information content (AvgIpc) is 2.41. The zero-order valence-electron chi connectivity index (χ0n) is 14.6. The lowest BCUT2D eigenvalue weighted by Gasteiger charge is -2.34. The van der Waals surface area contributed by atoms with Crippen molar-refractivity contribution in [1.82, 2.24) is 15.1 Å². The van der Waals surface area contributed by atoms with Crippen molar-refractivity contribution in [3.05, 3.63) is 0 Å². The van der Waals surface area contributed by atoms with Crippen molar-refractivity contribution in [2.24, 2.45) is 0 Å². The fourth-order valence-corrected chi connectivity index (χ4v) is 2.57. The van der Waals surface area contributed by atoms with E-state index in [0.29, 0.717) is 6.54 Å². The lowest BCUT2D eigenvalue weighted by molar-refractivity contribution is -0.129. The van der Waals surface area contributed by atoms with E-state index in [9.17, 15) is 9.59 Å². The van der Waals surface area contributed by atoms with Gasteiger partial charge in [0.25, 0.3) is 0 Å². The van der Waals surface area contributed by atoms with Crippen LogP contribution in [0.5, 0.6) is 0 Å². The number of amides is 2. The molecule has 0 aromatic heterocycles. The predicted molar refractivity (Wildman–Crippen MR) is 86.8 cm³/mol. The minimum absolute atomic E-state index is 0.00247. The van der Waals surface area contributed by atoms with Crippen LogP contribution in [-0.2, 0) is 9.53 Å². The molecule has 1 N–H and O–H groups in total. The lowest BCUT2D eigenvalue weighted by atomic mass is 10.1. The first-order valence-corrected chi connectivity index (χ1v) is 8.20. The third-order valence-corrected chi connectivity index (χ3v) is 3.72. The van der Waals surface area contributed by atoms with E-state index in [1.165, 1.54) is 0 Å². The zero-order chi connectivity index (χ0) is 16.8. The van der Waals surface area contributed by atoms with Gasteiger partial charge in [0, 0.05) is 26.7 Å². The Morgan fingerprint density at radius 3 is 2.68 bits per heavy atom. The van der Waals surface area contributed by atoms with Gasteiger partial charge in [0.05, 0.1) is 6.04 Å². The third kappa shape index (κ3) is 6.22. The minimum Gasteiger partial charge on any atom is -0.444 e. The first-order valence-electron chi connectivity index (χ1n) is 8.20. The highest BCUT2D eigenvalue weighted by molar-refractivity contribution is 5.82. The van der Waals surface area contributed by atoms with Crippen LogP contribution in [0.2, 0.25) is 0 Å². The summed E-state index contributed by atoms with van der Waals surface area (Å²) in [6.45, 7) is 10.8. The van der Waals surface area contributed by atoms with Crippen LogP contribution in [0.3, 0.4) is 0 Å². The molecule has 1 unspecified atom stereocenters. The van der Waals surface area contributed by atoms with E-state index in [2.05, 4.69) is 10.2 Å². The average molecular weight is 313 g/mol. The highest BCUT2D eigenvalue weighted by Gasteiger charge is 2.27. The number of nitrogens with zero attached hydrogens (tertiary/aromatic N) is 2. The van der Waals surface area contributed by atoms with Gasteiger partial charge in [-0.1, -0.05) is 6.92 Å². The van der Waals surface area contributed by atoms with E-state index in [1.54, 1.807) is 11.9 Å². The van der Waals surface area contributed by atoms with E-state index in [0.717, 1.165) is 38.9 Å². The van der Waals surface area contributed by atoms with Gasteiger partial charge in [0.15, 0.2) is 0 Å². The smallest absolute Gasteiger partial charge is 0.410 e. The summed E-state index contributed by atoms with van der Waals surface area (Å²) in [6.07, 6.45) is 2.43. The van der Waals surface area contributed by atoms with Crippen LogP contribution in [0.1, 0.15) is 47.0 Å². The Morgan fingerprint density at radius 2 is 2.09 bits per heavy atom. The van der Waals surface area contributed by atoms with E-state index in [1.807, 2.05) is 27.7 Å². The SMILES string of the molecule is CCC1C(=O)NCCN1CCCCN(C)C(=O)OC(C)(C)C. The Balaban J connectivity index is 2.26. The fourth-order valence-electron chi connectivity index (χ4n) is 2.57. The van der Waals surface area contributed by atoms with Crippen molar-refractivity contribution in [2.45, 2.75) is 58.6 Å². The highest BCUT2D eigenvalue weighted by atomic mass is 16.6. The first-order chi connectivity index (χ1) is 10.2. The van der Waals surface area contributed by atoms with Gasteiger partial charge < -0.3 is 15.0 Å². The van der Waals surface area contributed by atoms with Crippen molar-refractivity contribution < 1.29 is 14.3 Å². The van der Waals surface area contributed by atoms with Crippen LogP contribution >= 0.6 is 0 Å². The third-order valence-electron chi connectivity index (χ3n) is 3.72. The van der Waals surface area contributed by atoms with Gasteiger partial charge in [-0.15, -0.1) is 0 Å². The van der Waals surface area contributed by atoms with Crippen molar-refractivity contribution in [3.8, 4) is 0 Å². The monoisotopic (exact) mass is 313 g/mol. The van der Waals surface area contributed by atoms with Gasteiger partial charge in [0.2, 0.25) is 5.91 Å². The molecule has 0 aromatic carbocycles. The lowest BCUT2D eigenvalue weighted by Crippen LogP contribution is -2.55. The van der Waals surface area contributed by atoms with E-state index < -0.39 is 5.60 Å². The Bertz CT molecular complexity index is 379. The largest absolute Gasteiger partial charge is 0.444 e. The van der Waals surface area contributed by atoms with Gasteiger partial charge in [-0.3, -0.25) is 9.69 Å². The number of piperazine rings is 1. The molecule has 6 nitrogen and oxygen atoms in total. The molecule has 0 aromatic rings. The van der Waals surface area contributed by atoms with Crippen LogP contribution in [0.4, 0.5) is 4.79 Å². The van der Waals surface area contributed by atoms with Crippen molar-refractivity contribution in [3.63, 3.8) is 0 Å². The first kappa shape index (κ1) is 18.7. The number of carbonyl (C=O) groups excluding carboxylic acids is 2. The molecule has 1 aliphatic heterocycles. The Hall–Kier alpha value is -1.30. The molecule has 0 spiro atoms. The summed E-state index contributed by atoms with van der Waals surface area (Å²) in [6, 6.07) is -0.00247. The summed E-state index contributed by atoms with van der Waals surface area (Å²) in [5, 5.41) is 2.91. The van der Waals surface area contributed by atoms with Gasteiger partial charge in [-0.05, 0) is 46.6 Å². The number of nitrogens with one attached hydrogen (secondary N) is 1. The second kappa shape index (κ2) is 8.36. The van der Waals surface area contributed by atoms with E-state index in [-0.39, 0.29) is 18.0 Å². The zero-order valence-corrected chi connectivity index (χ0v) is 14.6. The summed E-state index contributed by atoms with van der Waals surface area (Å²) >= 11 is 0. The summed E-state index contributed by atoms with van der Waals surface area (Å²) in [5.41, 5.74) is -0.457. The van der Waals surface area contributed by atoms with E-state index in [4.69, 9.17) is 4.74 Å². The van der Waals surface area contributed by atoms with Gasteiger partial charge in [-0.25, -0.2) is 4.79 Å². The maximum atomic E-state index is 11.8. The molecule has 1 rings (SSSR count). The van der Waals surface area contributed by atoms with Crippen LogP contribution in [0, 0.1) is 0 Å². The molecule has 1 atom stereocenters. The topological polar surface area (TPSA) is 61.9 Å². The Labute approximate surface area is 134 Å². The number of ether oxygens (including phenoxy) is 1. The van der Waals surface area contributed by atoms with Crippen LogP contribution in [-0.4, -0.2) is 66.7 Å². The number of unbranched alkanes of at least 4 members (excludes halogenated alkanes) is 1. The molecule has 0 saturated carbocycles. The molecule has 1 aliphatic rings. The number of hydrogen-bond acceptors (Lipinski definition) is 4. The standard InChI is InChI=1S/C16H31N3O3/c1-6-13-14(20)17-9-12-19(13)11-8-7-10-18(5)15(21)22-16(2,3)4/h13H,6-12H2,1-5H3,(H,17,20). The molecule has 128 valence electrons. The molecule has 0 radical (unpaired) electrons. The van der Waals surface area contributed by atoms with Crippen molar-refractivity contribution in [1.29, 1.82) is 0 Å². The molecule has 0 bridgehead atoms. The second-order valence-electron chi connectivity index (χ2n) is 6.86. The predicted octanol–water partition coefficient (Wildman–Crippen LogP) is 1.84. The number of carbonyl (C=O) groups is 2. The molecule has 6 heteroatoms. The minimum atomic E-state index is -0.457. The summed E-state index contributed by atoms with van der Waals surface area (Å²) in [7, 11) is 1.76. The maximum Gasteiger partial charge on any atom is 0.410 e. The van der Waals surface area contributed by atoms with Crippen LogP contribution < -0.4 is 5.32 Å². The molecule has 1 fully saturated rings. The summed E-state index contributed by atoms with van der Waals surface area (Å²) in [4.78, 5) is 27.5. The van der Waals surface area contributed by atoms with Crippen molar-refractivity contribution in [2.75, 3.05) is 33.2 Å². The quantitative estimate of drug-likeness (QED) is 0.760. The summed E-state index contributed by atoms with van der Waals surface area (Å²) < 4.78 is 5.32. The van der Waals surface area contributed by atoms with Crippen LogP contribution in [0.15, 0.2) is 0 Å². The van der Waals surface area contributed by atoms with Gasteiger partial charge in [-0.2, -0.15) is 0 Å². The Kier molecular flexibility index (Phi) is 7.13. The van der Waals surface area contributed by atoms with Crippen LogP contribution in [0.25, 0.3) is 0 Å². The normalized spacial score (nSPS) is 19.7. The molecule has 0 aliphatic carbocycles. The van der Waals surface area contributed by atoms with Crippen molar-refractivity contribution >= 4 is 12.0 Å². The molecule has 2 amide bonds. The highest BCUT2D eigenvalue weighted by Crippen LogP contribution is 2.11. The number of rotatable bonds is 6. The summed E-state index contributed by atoms with van der Waals surface area (Å²) in [5.74, 6) is 0.139. The molecular weight excluding hydrogens is 282 g/mol. The molecule has 1 heterocycles. The number of hydrogen-bond donors (Lipinski definition) is 1. The van der Waals surface area contributed by atoms with Gasteiger partial charge in [0.1, 0.15) is 5.60 Å². The van der Waals surface area contributed by atoms with E-state index >= 15 is 0 Å². The molecule has 22 heavy (non-hydrogen) atoms. The second-order valence-corrected chi connectivity index (χ2v) is 6.86. The Morgan fingerprint density at radius 1 is 1.41 bits per heavy atom.